The lowest BCUT2D eigenvalue weighted by Crippen LogP contribution is -2.37. The molecular formula is C10H13FN2O. The molecule has 0 aromatic heterocycles. The molecule has 0 spiro atoms. The summed E-state index contributed by atoms with van der Waals surface area (Å²) in [5.74, 6) is -0.549. The van der Waals surface area contributed by atoms with E-state index in [-0.39, 0.29) is 11.7 Å². The predicted molar refractivity (Wildman–Crippen MR) is 51.9 cm³/mol. The van der Waals surface area contributed by atoms with Crippen molar-refractivity contribution in [2.45, 2.75) is 19.5 Å². The number of benzene rings is 1. The average Bonchev–Trinajstić information content (AvgIpc) is 2.14. The van der Waals surface area contributed by atoms with Gasteiger partial charge in [-0.3, -0.25) is 4.79 Å². The molecule has 1 rings (SSSR count). The van der Waals surface area contributed by atoms with Crippen molar-refractivity contribution in [3.8, 4) is 0 Å². The van der Waals surface area contributed by atoms with Crippen LogP contribution in [0.4, 0.5) is 4.39 Å². The van der Waals surface area contributed by atoms with Crippen LogP contribution in [-0.2, 0) is 11.3 Å². The molecule has 1 aromatic rings. The summed E-state index contributed by atoms with van der Waals surface area (Å²) in [6.45, 7) is 1.90. The third-order valence-corrected chi connectivity index (χ3v) is 1.77. The second-order valence-electron chi connectivity index (χ2n) is 3.14. The standard InChI is InChI=1S/C10H13FN2O/c1-7(12)10(14)13-6-8-3-2-4-9(11)5-8/h2-5,7H,6,12H2,1H3,(H,13,14). The summed E-state index contributed by atoms with van der Waals surface area (Å²) in [7, 11) is 0. The van der Waals surface area contributed by atoms with E-state index in [2.05, 4.69) is 5.32 Å². The molecule has 0 fully saturated rings. The van der Waals surface area contributed by atoms with Gasteiger partial charge in [-0.25, -0.2) is 4.39 Å². The number of carbonyl (C=O) groups excluding carboxylic acids is 1. The molecule has 3 N–H and O–H groups in total. The fraction of sp³-hybridized carbons (Fsp3) is 0.300. The van der Waals surface area contributed by atoms with Crippen molar-refractivity contribution >= 4 is 5.91 Å². The molecular weight excluding hydrogens is 183 g/mol. The largest absolute Gasteiger partial charge is 0.351 e. The Bertz CT molecular complexity index is 326. The van der Waals surface area contributed by atoms with Gasteiger partial charge in [0.05, 0.1) is 6.04 Å². The van der Waals surface area contributed by atoms with Crippen LogP contribution in [0.15, 0.2) is 24.3 Å². The minimum atomic E-state index is -0.538. The first-order chi connectivity index (χ1) is 6.59. The number of hydrogen-bond donors (Lipinski definition) is 2. The smallest absolute Gasteiger partial charge is 0.236 e. The number of carbonyl (C=O) groups is 1. The van der Waals surface area contributed by atoms with E-state index in [4.69, 9.17) is 5.73 Å². The Morgan fingerprint density at radius 1 is 1.64 bits per heavy atom. The fourth-order valence-corrected chi connectivity index (χ4v) is 0.997. The molecule has 1 amide bonds. The Hall–Kier alpha value is -1.42. The lowest BCUT2D eigenvalue weighted by atomic mass is 10.2. The van der Waals surface area contributed by atoms with Crippen LogP contribution in [0.5, 0.6) is 0 Å². The van der Waals surface area contributed by atoms with Crippen molar-refractivity contribution in [2.24, 2.45) is 5.73 Å². The van der Waals surface area contributed by atoms with Gasteiger partial charge in [-0.05, 0) is 24.6 Å². The molecule has 1 atom stereocenters. The van der Waals surface area contributed by atoms with E-state index in [0.717, 1.165) is 5.56 Å². The van der Waals surface area contributed by atoms with Gasteiger partial charge < -0.3 is 11.1 Å². The Kier molecular flexibility index (Phi) is 3.59. The first-order valence-electron chi connectivity index (χ1n) is 4.37. The van der Waals surface area contributed by atoms with Crippen molar-refractivity contribution in [1.82, 2.24) is 5.32 Å². The Labute approximate surface area is 82.1 Å². The number of hydrogen-bond acceptors (Lipinski definition) is 2. The highest BCUT2D eigenvalue weighted by molar-refractivity contribution is 5.80. The van der Waals surface area contributed by atoms with Crippen molar-refractivity contribution < 1.29 is 9.18 Å². The monoisotopic (exact) mass is 196 g/mol. The molecule has 0 saturated carbocycles. The molecule has 4 heteroatoms. The first-order valence-corrected chi connectivity index (χ1v) is 4.37. The number of halogens is 1. The SMILES string of the molecule is CC(N)C(=O)NCc1cccc(F)c1. The molecule has 0 aliphatic heterocycles. The van der Waals surface area contributed by atoms with Crippen LogP contribution in [0.25, 0.3) is 0 Å². The molecule has 0 bridgehead atoms. The van der Waals surface area contributed by atoms with Crippen molar-refractivity contribution in [2.75, 3.05) is 0 Å². The molecule has 1 aromatic carbocycles. The van der Waals surface area contributed by atoms with Gasteiger partial charge in [0.25, 0.3) is 0 Å². The zero-order valence-electron chi connectivity index (χ0n) is 7.96. The zero-order chi connectivity index (χ0) is 10.6. The second kappa shape index (κ2) is 4.72. The molecule has 1 unspecified atom stereocenters. The Balaban J connectivity index is 2.50. The Morgan fingerprint density at radius 2 is 2.36 bits per heavy atom. The van der Waals surface area contributed by atoms with Gasteiger partial charge in [-0.15, -0.1) is 0 Å². The molecule has 0 aliphatic carbocycles. The van der Waals surface area contributed by atoms with E-state index in [1.807, 2.05) is 0 Å². The molecule has 3 nitrogen and oxygen atoms in total. The average molecular weight is 196 g/mol. The van der Waals surface area contributed by atoms with Crippen molar-refractivity contribution in [3.63, 3.8) is 0 Å². The van der Waals surface area contributed by atoms with Gasteiger partial charge in [-0.1, -0.05) is 12.1 Å². The molecule has 14 heavy (non-hydrogen) atoms. The van der Waals surface area contributed by atoms with E-state index >= 15 is 0 Å². The molecule has 76 valence electrons. The maximum absolute atomic E-state index is 12.7. The van der Waals surface area contributed by atoms with Gasteiger partial charge in [0.1, 0.15) is 5.82 Å². The topological polar surface area (TPSA) is 55.1 Å². The molecule has 0 aliphatic rings. The highest BCUT2D eigenvalue weighted by atomic mass is 19.1. The van der Waals surface area contributed by atoms with Gasteiger partial charge in [0.2, 0.25) is 5.91 Å². The predicted octanol–water partition coefficient (Wildman–Crippen LogP) is 0.789. The maximum Gasteiger partial charge on any atom is 0.236 e. The highest BCUT2D eigenvalue weighted by Gasteiger charge is 2.05. The van der Waals surface area contributed by atoms with Gasteiger partial charge in [0, 0.05) is 6.54 Å². The molecule has 0 heterocycles. The number of nitrogens with one attached hydrogen (secondary N) is 1. The lowest BCUT2D eigenvalue weighted by molar-refractivity contribution is -0.122. The van der Waals surface area contributed by atoms with E-state index in [1.165, 1.54) is 12.1 Å². The van der Waals surface area contributed by atoms with Crippen LogP contribution in [-0.4, -0.2) is 11.9 Å². The first kappa shape index (κ1) is 10.7. The number of nitrogens with two attached hydrogens (primary N) is 1. The van der Waals surface area contributed by atoms with Crippen LogP contribution in [0.1, 0.15) is 12.5 Å². The van der Waals surface area contributed by atoms with Crippen molar-refractivity contribution in [3.05, 3.63) is 35.6 Å². The van der Waals surface area contributed by atoms with E-state index in [1.54, 1.807) is 19.1 Å². The van der Waals surface area contributed by atoms with Crippen molar-refractivity contribution in [1.29, 1.82) is 0 Å². The highest BCUT2D eigenvalue weighted by Crippen LogP contribution is 2.02. The van der Waals surface area contributed by atoms with E-state index < -0.39 is 6.04 Å². The third-order valence-electron chi connectivity index (χ3n) is 1.77. The van der Waals surface area contributed by atoms with Crippen LogP contribution in [0.3, 0.4) is 0 Å². The summed E-state index contributed by atoms with van der Waals surface area (Å²) < 4.78 is 12.7. The summed E-state index contributed by atoms with van der Waals surface area (Å²) in [4.78, 5) is 11.1. The summed E-state index contributed by atoms with van der Waals surface area (Å²) in [5, 5.41) is 2.60. The van der Waals surface area contributed by atoms with Crippen LogP contribution in [0, 0.1) is 5.82 Å². The quantitative estimate of drug-likeness (QED) is 0.751. The number of amides is 1. The lowest BCUT2D eigenvalue weighted by Gasteiger charge is -2.07. The second-order valence-corrected chi connectivity index (χ2v) is 3.14. The zero-order valence-corrected chi connectivity index (χ0v) is 7.96. The van der Waals surface area contributed by atoms with E-state index in [0.29, 0.717) is 6.54 Å². The summed E-state index contributed by atoms with van der Waals surface area (Å²) in [6, 6.07) is 5.54. The summed E-state index contributed by atoms with van der Waals surface area (Å²) >= 11 is 0. The fourth-order valence-electron chi connectivity index (χ4n) is 0.997. The van der Waals surface area contributed by atoms with Gasteiger partial charge >= 0.3 is 0 Å². The van der Waals surface area contributed by atoms with Gasteiger partial charge in [-0.2, -0.15) is 0 Å². The van der Waals surface area contributed by atoms with Crippen LogP contribution < -0.4 is 11.1 Å². The van der Waals surface area contributed by atoms with E-state index in [9.17, 15) is 9.18 Å². The van der Waals surface area contributed by atoms with Crippen LogP contribution in [0.2, 0.25) is 0 Å². The van der Waals surface area contributed by atoms with Crippen LogP contribution >= 0.6 is 0 Å². The Morgan fingerprint density at radius 3 is 2.93 bits per heavy atom. The summed E-state index contributed by atoms with van der Waals surface area (Å²) in [6.07, 6.45) is 0. The minimum absolute atomic E-state index is 0.241. The van der Waals surface area contributed by atoms with Gasteiger partial charge in [0.15, 0.2) is 0 Å². The minimum Gasteiger partial charge on any atom is -0.351 e. The normalized spacial score (nSPS) is 12.2. The number of rotatable bonds is 3. The maximum atomic E-state index is 12.7. The third kappa shape index (κ3) is 3.14. The molecule has 0 saturated heterocycles. The molecule has 0 radical (unpaired) electrons. The summed E-state index contributed by atoms with van der Waals surface area (Å²) in [5.41, 5.74) is 6.07.